The molecule has 132 valence electrons. The van der Waals surface area contributed by atoms with Gasteiger partial charge in [0.15, 0.2) is 5.82 Å². The Morgan fingerprint density at radius 3 is 2.75 bits per heavy atom. The summed E-state index contributed by atoms with van der Waals surface area (Å²) in [5.41, 5.74) is 0.701. The van der Waals surface area contributed by atoms with E-state index in [2.05, 4.69) is 29.4 Å². The molecule has 24 heavy (non-hydrogen) atoms. The predicted molar refractivity (Wildman–Crippen MR) is 92.0 cm³/mol. The van der Waals surface area contributed by atoms with Crippen LogP contribution >= 0.6 is 0 Å². The SMILES string of the molecule is CN(C)c1ccc(C2CCCN2C(=O)NC2COC(C)(C)C2)nn1. The van der Waals surface area contributed by atoms with Gasteiger partial charge < -0.3 is 19.9 Å². The van der Waals surface area contributed by atoms with Crippen molar-refractivity contribution in [1.29, 1.82) is 0 Å². The molecule has 2 unspecified atom stereocenters. The van der Waals surface area contributed by atoms with Gasteiger partial charge in [0.25, 0.3) is 0 Å². The third-order valence-corrected chi connectivity index (χ3v) is 4.73. The van der Waals surface area contributed by atoms with Crippen LogP contribution in [0, 0.1) is 0 Å². The minimum Gasteiger partial charge on any atom is -0.373 e. The Balaban J connectivity index is 1.65. The third-order valence-electron chi connectivity index (χ3n) is 4.73. The number of likely N-dealkylation sites (tertiary alicyclic amines) is 1. The molecule has 0 radical (unpaired) electrons. The van der Waals surface area contributed by atoms with Gasteiger partial charge in [-0.3, -0.25) is 0 Å². The molecular formula is C17H27N5O2. The molecule has 0 aliphatic carbocycles. The summed E-state index contributed by atoms with van der Waals surface area (Å²) in [5, 5.41) is 11.7. The Kier molecular flexibility index (Phi) is 4.62. The number of amides is 2. The lowest BCUT2D eigenvalue weighted by Crippen LogP contribution is -2.45. The first-order valence-corrected chi connectivity index (χ1v) is 8.58. The van der Waals surface area contributed by atoms with E-state index in [1.54, 1.807) is 0 Å². The molecule has 3 rings (SSSR count). The lowest BCUT2D eigenvalue weighted by Gasteiger charge is -2.26. The number of nitrogens with one attached hydrogen (secondary N) is 1. The molecule has 1 aromatic heterocycles. The quantitative estimate of drug-likeness (QED) is 0.915. The van der Waals surface area contributed by atoms with Crippen molar-refractivity contribution in [2.45, 2.75) is 50.8 Å². The number of anilines is 1. The van der Waals surface area contributed by atoms with E-state index < -0.39 is 0 Å². The highest BCUT2D eigenvalue weighted by molar-refractivity contribution is 5.75. The van der Waals surface area contributed by atoms with Crippen molar-refractivity contribution < 1.29 is 9.53 Å². The molecule has 7 heteroatoms. The van der Waals surface area contributed by atoms with Crippen molar-refractivity contribution in [3.63, 3.8) is 0 Å². The topological polar surface area (TPSA) is 70.6 Å². The van der Waals surface area contributed by atoms with Gasteiger partial charge in [0.05, 0.1) is 30.0 Å². The van der Waals surface area contributed by atoms with E-state index in [0.29, 0.717) is 6.61 Å². The van der Waals surface area contributed by atoms with Crippen LogP contribution in [-0.2, 0) is 4.74 Å². The van der Waals surface area contributed by atoms with Crippen LogP contribution in [-0.4, -0.2) is 60.0 Å². The van der Waals surface area contributed by atoms with Crippen LogP contribution in [0.1, 0.15) is 44.8 Å². The maximum Gasteiger partial charge on any atom is 0.318 e. The summed E-state index contributed by atoms with van der Waals surface area (Å²) in [6.45, 7) is 5.44. The molecule has 0 saturated carbocycles. The second-order valence-electron chi connectivity index (χ2n) is 7.48. The zero-order valence-corrected chi connectivity index (χ0v) is 15.0. The highest BCUT2D eigenvalue weighted by Crippen LogP contribution is 2.31. The average Bonchev–Trinajstić information content (AvgIpc) is 3.14. The first-order valence-electron chi connectivity index (χ1n) is 8.58. The van der Waals surface area contributed by atoms with Crippen molar-refractivity contribution >= 4 is 11.8 Å². The van der Waals surface area contributed by atoms with Gasteiger partial charge in [-0.05, 0) is 45.2 Å². The van der Waals surface area contributed by atoms with Gasteiger partial charge in [-0.1, -0.05) is 0 Å². The minimum atomic E-state index is -0.157. The molecule has 2 saturated heterocycles. The number of carbonyl (C=O) groups is 1. The lowest BCUT2D eigenvalue weighted by atomic mass is 10.0. The monoisotopic (exact) mass is 333 g/mol. The van der Waals surface area contributed by atoms with Crippen molar-refractivity contribution in [1.82, 2.24) is 20.4 Å². The Labute approximate surface area is 143 Å². The second-order valence-corrected chi connectivity index (χ2v) is 7.48. The zero-order valence-electron chi connectivity index (χ0n) is 15.0. The number of ether oxygens (including phenoxy) is 1. The molecule has 2 amide bonds. The summed E-state index contributed by atoms with van der Waals surface area (Å²) in [4.78, 5) is 16.5. The lowest BCUT2D eigenvalue weighted by molar-refractivity contribution is 0.0357. The minimum absolute atomic E-state index is 0.00374. The van der Waals surface area contributed by atoms with Crippen molar-refractivity contribution in [2.24, 2.45) is 0 Å². The molecule has 1 aromatic rings. The Bertz CT molecular complexity index is 587. The van der Waals surface area contributed by atoms with Gasteiger partial charge in [-0.15, -0.1) is 5.10 Å². The fraction of sp³-hybridized carbons (Fsp3) is 0.706. The molecule has 0 spiro atoms. The number of carbonyl (C=O) groups excluding carboxylic acids is 1. The van der Waals surface area contributed by atoms with Crippen LogP contribution in [0.3, 0.4) is 0 Å². The summed E-state index contributed by atoms with van der Waals surface area (Å²) in [5.74, 6) is 0.818. The Morgan fingerprint density at radius 2 is 2.17 bits per heavy atom. The van der Waals surface area contributed by atoms with E-state index in [1.165, 1.54) is 0 Å². The van der Waals surface area contributed by atoms with E-state index in [1.807, 2.05) is 36.0 Å². The molecule has 7 nitrogen and oxygen atoms in total. The molecule has 1 N–H and O–H groups in total. The molecule has 2 fully saturated rings. The maximum absolute atomic E-state index is 12.7. The fourth-order valence-corrected chi connectivity index (χ4v) is 3.46. The standard InChI is InChI=1S/C17H27N5O2/c1-17(2)10-12(11-24-17)18-16(23)22-9-5-6-14(22)13-7-8-15(20-19-13)21(3)4/h7-8,12,14H,5-6,9-11H2,1-4H3,(H,18,23). The van der Waals surface area contributed by atoms with E-state index in [4.69, 9.17) is 4.74 Å². The van der Waals surface area contributed by atoms with Crippen molar-refractivity contribution in [3.05, 3.63) is 17.8 Å². The van der Waals surface area contributed by atoms with Gasteiger partial charge in [-0.2, -0.15) is 5.10 Å². The number of hydrogen-bond acceptors (Lipinski definition) is 5. The van der Waals surface area contributed by atoms with Gasteiger partial charge in [0, 0.05) is 20.6 Å². The molecule has 2 aliphatic heterocycles. The van der Waals surface area contributed by atoms with Crippen molar-refractivity contribution in [3.8, 4) is 0 Å². The molecule has 2 atom stereocenters. The Morgan fingerprint density at radius 1 is 1.38 bits per heavy atom. The number of aromatic nitrogens is 2. The van der Waals surface area contributed by atoms with Crippen LogP contribution in [0.25, 0.3) is 0 Å². The Hall–Kier alpha value is -1.89. The molecular weight excluding hydrogens is 306 g/mol. The summed E-state index contributed by atoms with van der Waals surface area (Å²) < 4.78 is 5.70. The van der Waals surface area contributed by atoms with Crippen LogP contribution in [0.4, 0.5) is 10.6 Å². The molecule has 0 aromatic carbocycles. The summed E-state index contributed by atoms with van der Waals surface area (Å²) in [6.07, 6.45) is 2.76. The van der Waals surface area contributed by atoms with Gasteiger partial charge >= 0.3 is 6.03 Å². The van der Waals surface area contributed by atoms with Crippen LogP contribution < -0.4 is 10.2 Å². The second kappa shape index (κ2) is 6.55. The fourth-order valence-electron chi connectivity index (χ4n) is 3.46. The molecule has 2 aliphatic rings. The summed E-state index contributed by atoms with van der Waals surface area (Å²) in [6, 6.07) is 3.98. The smallest absolute Gasteiger partial charge is 0.318 e. The number of nitrogens with zero attached hydrogens (tertiary/aromatic N) is 4. The van der Waals surface area contributed by atoms with Crippen molar-refractivity contribution in [2.75, 3.05) is 32.1 Å². The van der Waals surface area contributed by atoms with E-state index in [9.17, 15) is 4.79 Å². The third kappa shape index (κ3) is 3.61. The van der Waals surface area contributed by atoms with Gasteiger partial charge in [0.1, 0.15) is 0 Å². The van der Waals surface area contributed by atoms with E-state index in [0.717, 1.165) is 37.3 Å². The van der Waals surface area contributed by atoms with Gasteiger partial charge in [-0.25, -0.2) is 4.79 Å². The number of urea groups is 1. The number of rotatable bonds is 3. The predicted octanol–water partition coefficient (Wildman–Crippen LogP) is 1.96. The highest BCUT2D eigenvalue weighted by Gasteiger charge is 2.36. The molecule has 0 bridgehead atoms. The van der Waals surface area contributed by atoms with Crippen LogP contribution in [0.5, 0.6) is 0 Å². The highest BCUT2D eigenvalue weighted by atomic mass is 16.5. The number of hydrogen-bond donors (Lipinski definition) is 1. The normalized spacial score (nSPS) is 25.8. The van der Waals surface area contributed by atoms with Gasteiger partial charge in [0.2, 0.25) is 0 Å². The summed E-state index contributed by atoms with van der Waals surface area (Å²) >= 11 is 0. The first kappa shape index (κ1) is 17.0. The van der Waals surface area contributed by atoms with Crippen LogP contribution in [0.2, 0.25) is 0 Å². The molecule has 3 heterocycles. The summed E-state index contributed by atoms with van der Waals surface area (Å²) in [7, 11) is 3.87. The first-order chi connectivity index (χ1) is 11.4. The zero-order chi connectivity index (χ0) is 17.3. The van der Waals surface area contributed by atoms with E-state index >= 15 is 0 Å². The van der Waals surface area contributed by atoms with Crippen LogP contribution in [0.15, 0.2) is 12.1 Å². The average molecular weight is 333 g/mol. The maximum atomic E-state index is 12.7. The largest absolute Gasteiger partial charge is 0.373 e. The van der Waals surface area contributed by atoms with E-state index in [-0.39, 0.29) is 23.7 Å².